The average Bonchev–Trinajstić information content (AvgIpc) is 2.89. The maximum atomic E-state index is 10.8. The summed E-state index contributed by atoms with van der Waals surface area (Å²) >= 11 is 0. The van der Waals surface area contributed by atoms with Crippen LogP contribution in [0.5, 0.6) is 0 Å². The Morgan fingerprint density at radius 1 is 1.65 bits per heavy atom. The number of carboxylic acid groups (broad SMARTS) is 1. The van der Waals surface area contributed by atoms with Crippen LogP contribution in [0.2, 0.25) is 0 Å². The zero-order chi connectivity index (χ0) is 12.3. The number of carboxylic acids is 1. The second-order valence-corrected chi connectivity index (χ2v) is 4.41. The third-order valence-corrected chi connectivity index (χ3v) is 2.96. The highest BCUT2D eigenvalue weighted by Gasteiger charge is 2.28. The van der Waals surface area contributed by atoms with Crippen LogP contribution in [-0.2, 0) is 17.8 Å². The van der Waals surface area contributed by atoms with Crippen molar-refractivity contribution in [2.24, 2.45) is 5.92 Å². The summed E-state index contributed by atoms with van der Waals surface area (Å²) in [6, 6.07) is 0. The molecule has 0 spiro atoms. The lowest BCUT2D eigenvalue weighted by atomic mass is 10.1. The molecule has 0 radical (unpaired) electrons. The summed E-state index contributed by atoms with van der Waals surface area (Å²) in [5, 5.41) is 12.8. The second kappa shape index (κ2) is 5.27. The summed E-state index contributed by atoms with van der Waals surface area (Å²) in [7, 11) is 0. The van der Waals surface area contributed by atoms with Crippen molar-refractivity contribution in [3.05, 3.63) is 11.7 Å². The first-order chi connectivity index (χ1) is 8.19. The third-order valence-electron chi connectivity index (χ3n) is 2.96. The molecule has 0 amide bonds. The molecule has 94 valence electrons. The van der Waals surface area contributed by atoms with Crippen molar-refractivity contribution in [3.8, 4) is 0 Å². The van der Waals surface area contributed by atoms with Gasteiger partial charge in [-0.05, 0) is 19.4 Å². The van der Waals surface area contributed by atoms with Crippen LogP contribution in [0.3, 0.4) is 0 Å². The number of aryl methyl sites for hydroxylation is 1. The maximum Gasteiger partial charge on any atom is 0.307 e. The molecular weight excluding hydrogens is 222 g/mol. The molecule has 1 N–H and O–H groups in total. The molecule has 2 heterocycles. The molecular formula is C11H17N3O3. The fourth-order valence-corrected chi connectivity index (χ4v) is 2.05. The lowest BCUT2D eigenvalue weighted by Crippen LogP contribution is -2.22. The molecule has 1 aliphatic heterocycles. The highest BCUT2D eigenvalue weighted by molar-refractivity contribution is 5.70. The van der Waals surface area contributed by atoms with E-state index in [-0.39, 0.29) is 5.92 Å². The first-order valence-corrected chi connectivity index (χ1v) is 5.95. The van der Waals surface area contributed by atoms with Crippen molar-refractivity contribution < 1.29 is 14.4 Å². The number of nitrogens with zero attached hydrogens (tertiary/aromatic N) is 3. The Labute approximate surface area is 99.6 Å². The molecule has 1 aromatic heterocycles. The van der Waals surface area contributed by atoms with Crippen LogP contribution in [-0.4, -0.2) is 39.2 Å². The number of rotatable bonds is 5. The Kier molecular flexibility index (Phi) is 3.73. The van der Waals surface area contributed by atoms with Gasteiger partial charge in [0, 0.05) is 13.0 Å². The zero-order valence-electron chi connectivity index (χ0n) is 9.93. The number of likely N-dealkylation sites (tertiary alicyclic amines) is 1. The largest absolute Gasteiger partial charge is 0.481 e. The Morgan fingerprint density at radius 3 is 3.12 bits per heavy atom. The molecule has 0 aromatic carbocycles. The van der Waals surface area contributed by atoms with Crippen LogP contribution in [0.4, 0.5) is 0 Å². The molecule has 0 bridgehead atoms. The van der Waals surface area contributed by atoms with Crippen molar-refractivity contribution >= 4 is 5.97 Å². The molecule has 0 saturated carbocycles. The summed E-state index contributed by atoms with van der Waals surface area (Å²) in [5.74, 6) is 0.341. The molecule has 1 fully saturated rings. The van der Waals surface area contributed by atoms with Crippen molar-refractivity contribution in [3.63, 3.8) is 0 Å². The van der Waals surface area contributed by atoms with Crippen LogP contribution in [0, 0.1) is 5.92 Å². The smallest absolute Gasteiger partial charge is 0.307 e. The number of carbonyl (C=O) groups is 1. The minimum Gasteiger partial charge on any atom is -0.481 e. The van der Waals surface area contributed by atoms with E-state index >= 15 is 0 Å². The number of aromatic nitrogens is 2. The molecule has 1 aliphatic rings. The Morgan fingerprint density at radius 2 is 2.47 bits per heavy atom. The first-order valence-electron chi connectivity index (χ1n) is 5.95. The Bertz CT molecular complexity index is 391. The van der Waals surface area contributed by atoms with E-state index in [0.29, 0.717) is 25.4 Å². The highest BCUT2D eigenvalue weighted by Crippen LogP contribution is 2.18. The van der Waals surface area contributed by atoms with Crippen molar-refractivity contribution in [1.82, 2.24) is 15.0 Å². The van der Waals surface area contributed by atoms with Crippen molar-refractivity contribution in [2.75, 3.05) is 13.1 Å². The summed E-state index contributed by atoms with van der Waals surface area (Å²) in [5.41, 5.74) is 0. The molecule has 0 aliphatic carbocycles. The summed E-state index contributed by atoms with van der Waals surface area (Å²) < 4.78 is 5.12. The summed E-state index contributed by atoms with van der Waals surface area (Å²) in [6.07, 6.45) is 2.51. The van der Waals surface area contributed by atoms with Crippen LogP contribution in [0.15, 0.2) is 4.52 Å². The van der Waals surface area contributed by atoms with Gasteiger partial charge in [0.25, 0.3) is 0 Å². The van der Waals surface area contributed by atoms with Gasteiger partial charge in [-0.3, -0.25) is 9.69 Å². The standard InChI is InChI=1S/C11H17N3O3/c1-2-3-9-12-10(17-13-9)7-14-5-4-8(6-14)11(15)16/h8H,2-7H2,1H3,(H,15,16). The minimum atomic E-state index is -0.718. The van der Waals surface area contributed by atoms with Crippen LogP contribution < -0.4 is 0 Å². The summed E-state index contributed by atoms with van der Waals surface area (Å²) in [4.78, 5) is 17.1. The quantitative estimate of drug-likeness (QED) is 0.823. The van der Waals surface area contributed by atoms with Gasteiger partial charge < -0.3 is 9.63 Å². The monoisotopic (exact) mass is 239 g/mol. The summed E-state index contributed by atoms with van der Waals surface area (Å²) in [6.45, 7) is 3.97. The van der Waals surface area contributed by atoms with E-state index in [1.165, 1.54) is 0 Å². The van der Waals surface area contributed by atoms with E-state index in [1.54, 1.807) is 0 Å². The van der Waals surface area contributed by atoms with Crippen molar-refractivity contribution in [1.29, 1.82) is 0 Å². The molecule has 1 atom stereocenters. The molecule has 6 heteroatoms. The van der Waals surface area contributed by atoms with Gasteiger partial charge in [0.05, 0.1) is 12.5 Å². The van der Waals surface area contributed by atoms with Gasteiger partial charge in [-0.25, -0.2) is 0 Å². The van der Waals surface area contributed by atoms with Gasteiger partial charge in [-0.15, -0.1) is 0 Å². The lowest BCUT2D eigenvalue weighted by Gasteiger charge is -2.11. The molecule has 1 unspecified atom stereocenters. The van der Waals surface area contributed by atoms with Crippen LogP contribution >= 0.6 is 0 Å². The molecule has 17 heavy (non-hydrogen) atoms. The van der Waals surface area contributed by atoms with E-state index in [4.69, 9.17) is 9.63 Å². The number of aliphatic carboxylic acids is 1. The molecule has 2 rings (SSSR count). The SMILES string of the molecule is CCCc1noc(CN2CCC(C(=O)O)C2)n1. The Hall–Kier alpha value is -1.43. The van der Waals surface area contributed by atoms with Gasteiger partial charge in [0.2, 0.25) is 5.89 Å². The van der Waals surface area contributed by atoms with Gasteiger partial charge in [0.15, 0.2) is 5.82 Å². The van der Waals surface area contributed by atoms with E-state index in [1.807, 2.05) is 4.90 Å². The molecule has 1 aromatic rings. The van der Waals surface area contributed by atoms with Gasteiger partial charge in [-0.1, -0.05) is 12.1 Å². The van der Waals surface area contributed by atoms with Crippen molar-refractivity contribution in [2.45, 2.75) is 32.7 Å². The predicted molar refractivity (Wildman–Crippen MR) is 59.3 cm³/mol. The van der Waals surface area contributed by atoms with Gasteiger partial charge >= 0.3 is 5.97 Å². The van der Waals surface area contributed by atoms with Crippen LogP contribution in [0.1, 0.15) is 31.5 Å². The highest BCUT2D eigenvalue weighted by atomic mass is 16.5. The van der Waals surface area contributed by atoms with E-state index in [2.05, 4.69) is 17.1 Å². The third kappa shape index (κ3) is 3.03. The fourth-order valence-electron chi connectivity index (χ4n) is 2.05. The first kappa shape index (κ1) is 12.0. The van der Waals surface area contributed by atoms with Gasteiger partial charge in [-0.2, -0.15) is 4.98 Å². The minimum absolute atomic E-state index is 0.256. The number of hydrogen-bond acceptors (Lipinski definition) is 5. The lowest BCUT2D eigenvalue weighted by molar-refractivity contribution is -0.141. The maximum absolute atomic E-state index is 10.8. The predicted octanol–water partition coefficient (Wildman–Crippen LogP) is 0.929. The zero-order valence-corrected chi connectivity index (χ0v) is 9.93. The average molecular weight is 239 g/mol. The van der Waals surface area contributed by atoms with Gasteiger partial charge in [0.1, 0.15) is 0 Å². The van der Waals surface area contributed by atoms with E-state index in [9.17, 15) is 4.79 Å². The topological polar surface area (TPSA) is 79.5 Å². The van der Waals surface area contributed by atoms with E-state index in [0.717, 1.165) is 25.2 Å². The fraction of sp³-hybridized carbons (Fsp3) is 0.727. The van der Waals surface area contributed by atoms with E-state index < -0.39 is 5.97 Å². The second-order valence-electron chi connectivity index (χ2n) is 4.41. The normalized spacial score (nSPS) is 20.9. The Balaban J connectivity index is 1.86. The molecule has 1 saturated heterocycles. The molecule has 6 nitrogen and oxygen atoms in total. The van der Waals surface area contributed by atoms with Crippen LogP contribution in [0.25, 0.3) is 0 Å². The number of hydrogen-bond donors (Lipinski definition) is 1.